The molecule has 0 bridgehead atoms. The number of hydrogen-bond donors (Lipinski definition) is 2. The first kappa shape index (κ1) is 24.9. The maximum atomic E-state index is 13.1. The van der Waals surface area contributed by atoms with Crippen LogP contribution >= 0.6 is 23.2 Å². The van der Waals surface area contributed by atoms with Crippen LogP contribution in [-0.4, -0.2) is 47.2 Å². The van der Waals surface area contributed by atoms with Gasteiger partial charge in [-0.15, -0.1) is 0 Å². The highest BCUT2D eigenvalue weighted by atomic mass is 35.5. The summed E-state index contributed by atoms with van der Waals surface area (Å²) in [4.78, 5) is 12.9. The number of halogens is 2. The average molecular weight is 520 g/mol. The van der Waals surface area contributed by atoms with E-state index in [-0.39, 0.29) is 38.8 Å². The number of nitrogens with zero attached hydrogens (tertiary/aromatic N) is 1. The second kappa shape index (κ2) is 9.66. The summed E-state index contributed by atoms with van der Waals surface area (Å²) in [5.41, 5.74) is 1.03. The Morgan fingerprint density at radius 2 is 1.81 bits per heavy atom. The zero-order valence-electron chi connectivity index (χ0n) is 17.4. The van der Waals surface area contributed by atoms with Crippen molar-refractivity contribution < 1.29 is 21.6 Å². The van der Waals surface area contributed by atoms with Gasteiger partial charge in [-0.2, -0.15) is 4.31 Å². The fourth-order valence-electron chi connectivity index (χ4n) is 3.44. The molecule has 1 fully saturated rings. The first-order valence-corrected chi connectivity index (χ1v) is 13.4. The summed E-state index contributed by atoms with van der Waals surface area (Å²) in [6.07, 6.45) is 0.983. The van der Waals surface area contributed by atoms with Crippen molar-refractivity contribution >= 4 is 54.8 Å². The number of benzene rings is 2. The lowest BCUT2D eigenvalue weighted by molar-refractivity contribution is -0.120. The molecule has 2 aromatic carbocycles. The summed E-state index contributed by atoms with van der Waals surface area (Å²) in [5, 5.41) is 3.05. The lowest BCUT2D eigenvalue weighted by atomic mass is 9.98. The van der Waals surface area contributed by atoms with E-state index in [4.69, 9.17) is 23.2 Å². The molecule has 12 heteroatoms. The number of rotatable bonds is 6. The fraction of sp³-hybridized carbons (Fsp3) is 0.350. The van der Waals surface area contributed by atoms with E-state index in [1.807, 2.05) is 0 Å². The third-order valence-corrected chi connectivity index (χ3v) is 9.31. The quantitative estimate of drug-likeness (QED) is 0.608. The second-order valence-electron chi connectivity index (χ2n) is 7.45. The summed E-state index contributed by atoms with van der Waals surface area (Å²) in [6, 6.07) is 8.63. The fourth-order valence-corrected chi connectivity index (χ4v) is 6.46. The number of carbonyl (C=O) groups excluding carboxylic acids is 1. The lowest BCUT2D eigenvalue weighted by Gasteiger charge is -2.31. The molecule has 174 valence electrons. The largest absolute Gasteiger partial charge is 0.326 e. The van der Waals surface area contributed by atoms with E-state index in [0.29, 0.717) is 24.1 Å². The van der Waals surface area contributed by atoms with Crippen molar-refractivity contribution in [2.24, 2.45) is 5.92 Å². The summed E-state index contributed by atoms with van der Waals surface area (Å²) in [5.74, 6) is -0.996. The summed E-state index contributed by atoms with van der Waals surface area (Å²) in [7, 11) is -6.32. The van der Waals surface area contributed by atoms with Crippen molar-refractivity contribution in [3.63, 3.8) is 0 Å². The molecule has 0 unspecified atom stereocenters. The van der Waals surface area contributed by atoms with E-state index < -0.39 is 26.0 Å². The number of piperidine rings is 1. The van der Waals surface area contributed by atoms with Gasteiger partial charge in [0.15, 0.2) is 0 Å². The van der Waals surface area contributed by atoms with Crippen molar-refractivity contribution in [1.82, 2.24) is 9.03 Å². The normalized spacial score (nSPS) is 17.8. The van der Waals surface area contributed by atoms with Gasteiger partial charge >= 0.3 is 0 Å². The van der Waals surface area contributed by atoms with Crippen molar-refractivity contribution in [1.29, 1.82) is 0 Å². The zero-order valence-corrected chi connectivity index (χ0v) is 20.6. The molecule has 0 aliphatic carbocycles. The van der Waals surface area contributed by atoms with E-state index >= 15 is 0 Å². The molecule has 1 aliphatic heterocycles. The van der Waals surface area contributed by atoms with Gasteiger partial charge < -0.3 is 5.32 Å². The first-order chi connectivity index (χ1) is 15.0. The van der Waals surface area contributed by atoms with Crippen molar-refractivity contribution in [2.45, 2.75) is 29.6 Å². The van der Waals surface area contributed by atoms with Gasteiger partial charge in [-0.1, -0.05) is 29.3 Å². The van der Waals surface area contributed by atoms with Gasteiger partial charge in [0.2, 0.25) is 26.0 Å². The van der Waals surface area contributed by atoms with Gasteiger partial charge in [0.05, 0.1) is 15.8 Å². The van der Waals surface area contributed by atoms with Crippen molar-refractivity contribution in [2.75, 3.05) is 25.5 Å². The average Bonchev–Trinajstić information content (AvgIpc) is 2.76. The molecule has 0 spiro atoms. The van der Waals surface area contributed by atoms with Gasteiger partial charge in [-0.3, -0.25) is 4.79 Å². The molecule has 0 aromatic heterocycles. The maximum absolute atomic E-state index is 13.1. The van der Waals surface area contributed by atoms with Crippen LogP contribution in [0, 0.1) is 12.8 Å². The molecule has 1 heterocycles. The highest BCUT2D eigenvalue weighted by Gasteiger charge is 2.34. The van der Waals surface area contributed by atoms with E-state index in [0.717, 1.165) is 0 Å². The van der Waals surface area contributed by atoms with Crippen LogP contribution in [0.25, 0.3) is 0 Å². The standard InChI is InChI=1S/C20H23Cl2N3O5S2/c1-13-5-7-16(31(27,28)23-2)11-18(13)24-20(26)14-4-3-9-25(12-14)32(29,30)19-10-15(21)6-8-17(19)22/h5-8,10-11,14,23H,3-4,9,12H2,1-2H3,(H,24,26)/t14-/m1/s1. The minimum absolute atomic E-state index is 0.0179. The van der Waals surface area contributed by atoms with Crippen LogP contribution in [0.3, 0.4) is 0 Å². The van der Waals surface area contributed by atoms with Crippen LogP contribution in [0.4, 0.5) is 5.69 Å². The minimum Gasteiger partial charge on any atom is -0.326 e. The summed E-state index contributed by atoms with van der Waals surface area (Å²) >= 11 is 12.0. The Bertz CT molecular complexity index is 1250. The van der Waals surface area contributed by atoms with Crippen LogP contribution < -0.4 is 10.0 Å². The Labute approximate surface area is 198 Å². The van der Waals surface area contributed by atoms with Crippen LogP contribution in [0.2, 0.25) is 10.0 Å². The van der Waals surface area contributed by atoms with Gasteiger partial charge in [0.1, 0.15) is 4.90 Å². The summed E-state index contributed by atoms with van der Waals surface area (Å²) in [6.45, 7) is 1.97. The molecule has 1 saturated heterocycles. The number of anilines is 1. The van der Waals surface area contributed by atoms with E-state index in [9.17, 15) is 21.6 Å². The molecule has 8 nitrogen and oxygen atoms in total. The Balaban J connectivity index is 1.81. The van der Waals surface area contributed by atoms with E-state index in [2.05, 4.69) is 10.0 Å². The van der Waals surface area contributed by atoms with Gasteiger partial charge in [0, 0.05) is 23.8 Å². The highest BCUT2D eigenvalue weighted by molar-refractivity contribution is 7.89. The Kier molecular flexibility index (Phi) is 7.53. The van der Waals surface area contributed by atoms with Gasteiger partial charge in [0.25, 0.3) is 0 Å². The Morgan fingerprint density at radius 3 is 2.50 bits per heavy atom. The number of amides is 1. The molecular weight excluding hydrogens is 497 g/mol. The van der Waals surface area contributed by atoms with Gasteiger partial charge in [-0.25, -0.2) is 21.6 Å². The van der Waals surface area contributed by atoms with Crippen molar-refractivity contribution in [3.8, 4) is 0 Å². The maximum Gasteiger partial charge on any atom is 0.244 e. The summed E-state index contributed by atoms with van der Waals surface area (Å²) < 4.78 is 53.8. The number of nitrogens with one attached hydrogen (secondary N) is 2. The molecule has 1 aliphatic rings. The monoisotopic (exact) mass is 519 g/mol. The zero-order chi connectivity index (χ0) is 23.7. The minimum atomic E-state index is -3.94. The third-order valence-electron chi connectivity index (χ3n) is 5.31. The predicted molar refractivity (Wildman–Crippen MR) is 124 cm³/mol. The van der Waals surface area contributed by atoms with Crippen LogP contribution in [-0.2, 0) is 24.8 Å². The molecule has 2 aromatic rings. The number of aryl methyl sites for hydroxylation is 1. The molecule has 32 heavy (non-hydrogen) atoms. The predicted octanol–water partition coefficient (Wildman–Crippen LogP) is 3.25. The van der Waals surface area contributed by atoms with Crippen LogP contribution in [0.1, 0.15) is 18.4 Å². The lowest BCUT2D eigenvalue weighted by Crippen LogP contribution is -2.43. The molecule has 0 radical (unpaired) electrons. The first-order valence-electron chi connectivity index (χ1n) is 9.76. The molecule has 2 N–H and O–H groups in total. The SMILES string of the molecule is CNS(=O)(=O)c1ccc(C)c(NC(=O)[C@@H]2CCCN(S(=O)(=O)c3cc(Cl)ccc3Cl)C2)c1. The second-order valence-corrected chi connectivity index (χ2v) is 12.1. The van der Waals surface area contributed by atoms with Crippen LogP contribution in [0.5, 0.6) is 0 Å². The van der Waals surface area contributed by atoms with Crippen molar-refractivity contribution in [3.05, 3.63) is 52.0 Å². The van der Waals surface area contributed by atoms with E-state index in [1.165, 1.54) is 41.7 Å². The number of carbonyl (C=O) groups is 1. The topological polar surface area (TPSA) is 113 Å². The Hall–Kier alpha value is -1.69. The molecular formula is C20H23Cl2N3O5S2. The number of hydrogen-bond acceptors (Lipinski definition) is 5. The van der Waals surface area contributed by atoms with Crippen LogP contribution in [0.15, 0.2) is 46.2 Å². The third kappa shape index (κ3) is 5.27. The molecule has 3 rings (SSSR count). The Morgan fingerprint density at radius 1 is 1.09 bits per heavy atom. The highest BCUT2D eigenvalue weighted by Crippen LogP contribution is 2.31. The molecule has 1 amide bonds. The van der Waals surface area contributed by atoms with E-state index in [1.54, 1.807) is 13.0 Å². The molecule has 0 saturated carbocycles. The number of sulfonamides is 2. The molecule has 1 atom stereocenters. The smallest absolute Gasteiger partial charge is 0.244 e. The van der Waals surface area contributed by atoms with Gasteiger partial charge in [-0.05, 0) is 62.7 Å².